The Morgan fingerprint density at radius 2 is 2.07 bits per heavy atom. The molecule has 14 heavy (non-hydrogen) atoms. The van der Waals surface area contributed by atoms with Gasteiger partial charge < -0.3 is 5.73 Å². The maximum Gasteiger partial charge on any atom is 0.131 e. The van der Waals surface area contributed by atoms with Crippen molar-refractivity contribution in [1.82, 2.24) is 0 Å². The van der Waals surface area contributed by atoms with E-state index in [1.807, 2.05) is 26.0 Å². The molecular formula is C11H12FNS. The summed E-state index contributed by atoms with van der Waals surface area (Å²) in [6, 6.07) is 6.96. The summed E-state index contributed by atoms with van der Waals surface area (Å²) in [7, 11) is 0. The van der Waals surface area contributed by atoms with Crippen LogP contribution >= 0.6 is 11.3 Å². The normalized spacial score (nSPS) is 12.3. The molecule has 1 nitrogen and oxygen atoms in total. The highest BCUT2D eigenvalue weighted by molar-refractivity contribution is 7.19. The van der Waals surface area contributed by atoms with Crippen molar-refractivity contribution in [3.63, 3.8) is 0 Å². The van der Waals surface area contributed by atoms with Gasteiger partial charge in [0, 0.05) is 20.5 Å². The molecule has 2 rings (SSSR count). The molecule has 0 saturated heterocycles. The Kier molecular flexibility index (Phi) is 2.09. The number of thiophene rings is 1. The molecule has 0 saturated carbocycles. The van der Waals surface area contributed by atoms with Crippen molar-refractivity contribution in [1.29, 1.82) is 0 Å². The van der Waals surface area contributed by atoms with Crippen molar-refractivity contribution < 1.29 is 4.39 Å². The Labute approximate surface area is 86.4 Å². The van der Waals surface area contributed by atoms with E-state index in [-0.39, 0.29) is 5.82 Å². The molecule has 1 aromatic heterocycles. The first-order chi connectivity index (χ1) is 6.48. The van der Waals surface area contributed by atoms with Crippen LogP contribution in [-0.4, -0.2) is 0 Å². The van der Waals surface area contributed by atoms with Gasteiger partial charge in [-0.15, -0.1) is 11.3 Å². The number of halogens is 1. The van der Waals surface area contributed by atoms with Gasteiger partial charge in [0.05, 0.1) is 0 Å². The first-order valence-corrected chi connectivity index (χ1v) is 5.27. The summed E-state index contributed by atoms with van der Waals surface area (Å²) in [5.74, 6) is -0.172. The zero-order valence-corrected chi connectivity index (χ0v) is 8.99. The van der Waals surface area contributed by atoms with E-state index in [2.05, 4.69) is 0 Å². The predicted octanol–water partition coefficient (Wildman–Crippen LogP) is 3.23. The van der Waals surface area contributed by atoms with Crippen LogP contribution in [0.4, 0.5) is 4.39 Å². The molecule has 0 atom stereocenters. The van der Waals surface area contributed by atoms with Gasteiger partial charge in [0.15, 0.2) is 0 Å². The molecule has 0 bridgehead atoms. The highest BCUT2D eigenvalue weighted by atomic mass is 32.1. The number of nitrogens with two attached hydrogens (primary N) is 1. The molecule has 1 heterocycles. The second-order valence-electron chi connectivity index (χ2n) is 3.98. The van der Waals surface area contributed by atoms with E-state index < -0.39 is 5.54 Å². The van der Waals surface area contributed by atoms with Crippen LogP contribution in [0.1, 0.15) is 18.7 Å². The fourth-order valence-corrected chi connectivity index (χ4v) is 2.43. The molecule has 0 aliphatic carbocycles. The van der Waals surface area contributed by atoms with Crippen LogP contribution in [0.3, 0.4) is 0 Å². The lowest BCUT2D eigenvalue weighted by Crippen LogP contribution is -2.27. The fraction of sp³-hybridized carbons (Fsp3) is 0.273. The van der Waals surface area contributed by atoms with Crippen LogP contribution in [0.2, 0.25) is 0 Å². The Morgan fingerprint density at radius 3 is 2.64 bits per heavy atom. The lowest BCUT2D eigenvalue weighted by atomic mass is 10.0. The van der Waals surface area contributed by atoms with Crippen molar-refractivity contribution in [3.05, 3.63) is 35.0 Å². The standard InChI is InChI=1S/C11H12FNS/c1-11(2,13)10-6-7-8(12)4-3-5-9(7)14-10/h3-6H,13H2,1-2H3. The highest BCUT2D eigenvalue weighted by Crippen LogP contribution is 2.32. The summed E-state index contributed by atoms with van der Waals surface area (Å²) in [6.45, 7) is 3.85. The smallest absolute Gasteiger partial charge is 0.131 e. The van der Waals surface area contributed by atoms with E-state index in [1.165, 1.54) is 6.07 Å². The third-order valence-corrected chi connectivity index (χ3v) is 3.58. The van der Waals surface area contributed by atoms with Gasteiger partial charge in [-0.1, -0.05) is 6.07 Å². The van der Waals surface area contributed by atoms with E-state index in [9.17, 15) is 4.39 Å². The molecule has 0 unspecified atom stereocenters. The van der Waals surface area contributed by atoms with Crippen molar-refractivity contribution in [3.8, 4) is 0 Å². The summed E-state index contributed by atoms with van der Waals surface area (Å²) >= 11 is 1.55. The maximum atomic E-state index is 13.4. The average Bonchev–Trinajstić information content (AvgIpc) is 2.48. The quantitative estimate of drug-likeness (QED) is 0.766. The summed E-state index contributed by atoms with van der Waals surface area (Å²) in [6.07, 6.45) is 0. The van der Waals surface area contributed by atoms with Crippen LogP contribution in [0, 0.1) is 5.82 Å². The van der Waals surface area contributed by atoms with E-state index in [0.717, 1.165) is 9.58 Å². The van der Waals surface area contributed by atoms with Crippen LogP contribution < -0.4 is 5.73 Å². The minimum atomic E-state index is -0.393. The van der Waals surface area contributed by atoms with Crippen molar-refractivity contribution in [2.75, 3.05) is 0 Å². The predicted molar refractivity (Wildman–Crippen MR) is 59.0 cm³/mol. The van der Waals surface area contributed by atoms with E-state index in [1.54, 1.807) is 17.4 Å². The Morgan fingerprint density at radius 1 is 1.36 bits per heavy atom. The SMILES string of the molecule is CC(C)(N)c1cc2c(F)cccc2s1. The number of hydrogen-bond acceptors (Lipinski definition) is 2. The monoisotopic (exact) mass is 209 g/mol. The largest absolute Gasteiger partial charge is 0.321 e. The van der Waals surface area contributed by atoms with Gasteiger partial charge in [0.25, 0.3) is 0 Å². The minimum Gasteiger partial charge on any atom is -0.321 e. The van der Waals surface area contributed by atoms with Crippen LogP contribution in [0.15, 0.2) is 24.3 Å². The lowest BCUT2D eigenvalue weighted by molar-refractivity contribution is 0.567. The molecule has 74 valence electrons. The number of benzene rings is 1. The van der Waals surface area contributed by atoms with Crippen LogP contribution in [0.25, 0.3) is 10.1 Å². The van der Waals surface area contributed by atoms with Gasteiger partial charge in [0.1, 0.15) is 5.82 Å². The number of hydrogen-bond donors (Lipinski definition) is 1. The van der Waals surface area contributed by atoms with Crippen molar-refractivity contribution in [2.24, 2.45) is 5.73 Å². The fourth-order valence-electron chi connectivity index (χ4n) is 1.34. The Balaban J connectivity index is 2.69. The summed E-state index contributed by atoms with van der Waals surface area (Å²) in [5.41, 5.74) is 5.57. The van der Waals surface area contributed by atoms with Gasteiger partial charge in [-0.2, -0.15) is 0 Å². The molecule has 0 aliphatic rings. The minimum absolute atomic E-state index is 0.172. The van der Waals surface area contributed by atoms with Crippen molar-refractivity contribution in [2.45, 2.75) is 19.4 Å². The Hall–Kier alpha value is -0.930. The third kappa shape index (κ3) is 1.53. The van der Waals surface area contributed by atoms with Crippen LogP contribution in [0.5, 0.6) is 0 Å². The summed E-state index contributed by atoms with van der Waals surface area (Å²) in [4.78, 5) is 1.01. The number of rotatable bonds is 1. The number of fused-ring (bicyclic) bond motifs is 1. The van der Waals surface area contributed by atoms with Gasteiger partial charge in [0.2, 0.25) is 0 Å². The maximum absolute atomic E-state index is 13.4. The molecule has 2 N–H and O–H groups in total. The second kappa shape index (κ2) is 3.04. The van der Waals surface area contributed by atoms with Gasteiger partial charge >= 0.3 is 0 Å². The summed E-state index contributed by atoms with van der Waals surface area (Å²) < 4.78 is 14.3. The first kappa shape index (κ1) is 9.62. The summed E-state index contributed by atoms with van der Waals surface area (Å²) in [5, 5.41) is 0.672. The molecule has 0 fully saturated rings. The topological polar surface area (TPSA) is 26.0 Å². The molecule has 1 aromatic carbocycles. The van der Waals surface area contributed by atoms with E-state index >= 15 is 0 Å². The zero-order valence-electron chi connectivity index (χ0n) is 8.17. The van der Waals surface area contributed by atoms with Gasteiger partial charge in [-0.25, -0.2) is 4.39 Å². The average molecular weight is 209 g/mol. The van der Waals surface area contributed by atoms with Gasteiger partial charge in [-0.3, -0.25) is 0 Å². The molecule has 2 aromatic rings. The third-order valence-electron chi connectivity index (χ3n) is 2.14. The van der Waals surface area contributed by atoms with Crippen LogP contribution in [-0.2, 0) is 5.54 Å². The molecule has 0 amide bonds. The molecular weight excluding hydrogens is 197 g/mol. The van der Waals surface area contributed by atoms with E-state index in [0.29, 0.717) is 5.39 Å². The molecule has 3 heteroatoms. The Bertz CT molecular complexity index is 468. The van der Waals surface area contributed by atoms with Crippen molar-refractivity contribution >= 4 is 21.4 Å². The molecule has 0 aliphatic heterocycles. The zero-order chi connectivity index (χ0) is 10.3. The first-order valence-electron chi connectivity index (χ1n) is 4.46. The highest BCUT2D eigenvalue weighted by Gasteiger charge is 2.18. The second-order valence-corrected chi connectivity index (χ2v) is 5.07. The van der Waals surface area contributed by atoms with E-state index in [4.69, 9.17) is 5.73 Å². The molecule has 0 spiro atoms. The lowest BCUT2D eigenvalue weighted by Gasteiger charge is -2.15. The molecule has 0 radical (unpaired) electrons. The van der Waals surface area contributed by atoms with Gasteiger partial charge in [-0.05, 0) is 32.0 Å².